The summed E-state index contributed by atoms with van der Waals surface area (Å²) in [6.45, 7) is 5.16. The van der Waals surface area contributed by atoms with E-state index in [1.54, 1.807) is 46.8 Å². The number of nitrogens with one attached hydrogen (secondary N) is 1. The van der Waals surface area contributed by atoms with Crippen LogP contribution in [0.15, 0.2) is 53.6 Å². The largest absolute Gasteiger partial charge is 0.366 e. The molecule has 34 heavy (non-hydrogen) atoms. The third-order valence-electron chi connectivity index (χ3n) is 6.46. The minimum Gasteiger partial charge on any atom is -0.366 e. The lowest BCUT2D eigenvalue weighted by Crippen LogP contribution is -2.35. The van der Waals surface area contributed by atoms with Crippen LogP contribution in [0.1, 0.15) is 53.7 Å². The maximum Gasteiger partial charge on any atom is 0.248 e. The molecule has 0 bridgehead atoms. The Morgan fingerprint density at radius 3 is 2.38 bits per heavy atom. The van der Waals surface area contributed by atoms with E-state index in [2.05, 4.69) is 5.32 Å². The SMILES string of the molecule is Cc1cn(C(C)C(=O)NCc2ccc(C(N)=O)cc2)c2ccc(S(=O)(=O)N3CCCCC3)cc12. The first kappa shape index (κ1) is 24.0. The second kappa shape index (κ2) is 9.60. The first-order chi connectivity index (χ1) is 16.2. The van der Waals surface area contributed by atoms with Crippen LogP contribution in [0.2, 0.25) is 0 Å². The fourth-order valence-corrected chi connectivity index (χ4v) is 5.93. The quantitative estimate of drug-likeness (QED) is 0.538. The number of carbonyl (C=O) groups is 2. The van der Waals surface area contributed by atoms with Crippen molar-refractivity contribution in [1.29, 1.82) is 0 Å². The van der Waals surface area contributed by atoms with Crippen molar-refractivity contribution in [1.82, 2.24) is 14.2 Å². The molecule has 0 saturated carbocycles. The summed E-state index contributed by atoms with van der Waals surface area (Å²) < 4.78 is 29.6. The molecule has 8 nitrogen and oxygen atoms in total. The standard InChI is InChI=1S/C25H30N4O4S/c1-17-16-29(18(2)25(31)27-15-19-6-8-20(9-7-19)24(26)30)23-11-10-21(14-22(17)23)34(32,33)28-12-4-3-5-13-28/h6-11,14,16,18H,3-5,12-13,15H2,1-2H3,(H2,26,30)(H,27,31). The average molecular weight is 483 g/mol. The van der Waals surface area contributed by atoms with Gasteiger partial charge < -0.3 is 15.6 Å². The molecule has 1 aliphatic heterocycles. The average Bonchev–Trinajstić information content (AvgIpc) is 3.18. The van der Waals surface area contributed by atoms with E-state index in [1.165, 1.54) is 0 Å². The molecule has 180 valence electrons. The predicted octanol–water partition coefficient (Wildman–Crippen LogP) is 3.10. The fraction of sp³-hybridized carbons (Fsp3) is 0.360. The normalized spacial score (nSPS) is 15.8. The second-order valence-corrected chi connectivity index (χ2v) is 10.8. The van der Waals surface area contributed by atoms with Gasteiger partial charge in [0.1, 0.15) is 6.04 Å². The highest BCUT2D eigenvalue weighted by molar-refractivity contribution is 7.89. The molecule has 1 atom stereocenters. The van der Waals surface area contributed by atoms with Crippen molar-refractivity contribution in [3.8, 4) is 0 Å². The lowest BCUT2D eigenvalue weighted by atomic mass is 10.1. The lowest BCUT2D eigenvalue weighted by molar-refractivity contribution is -0.123. The summed E-state index contributed by atoms with van der Waals surface area (Å²) in [5, 5.41) is 3.74. The summed E-state index contributed by atoms with van der Waals surface area (Å²) >= 11 is 0. The molecule has 3 aromatic rings. The van der Waals surface area contributed by atoms with Crippen LogP contribution in [0.25, 0.3) is 10.9 Å². The van der Waals surface area contributed by atoms with Crippen LogP contribution in [-0.4, -0.2) is 42.2 Å². The number of fused-ring (bicyclic) bond motifs is 1. The highest BCUT2D eigenvalue weighted by atomic mass is 32.2. The number of benzene rings is 2. The molecule has 2 heterocycles. The van der Waals surface area contributed by atoms with Crippen LogP contribution in [0.3, 0.4) is 0 Å². The molecule has 0 radical (unpaired) electrons. The van der Waals surface area contributed by atoms with Gasteiger partial charge in [0, 0.05) is 42.3 Å². The number of aromatic nitrogens is 1. The molecule has 0 aliphatic carbocycles. The van der Waals surface area contributed by atoms with Gasteiger partial charge in [0.25, 0.3) is 0 Å². The van der Waals surface area contributed by atoms with E-state index in [0.29, 0.717) is 30.1 Å². The Bertz CT molecular complexity index is 1320. The first-order valence-electron chi connectivity index (χ1n) is 11.5. The van der Waals surface area contributed by atoms with E-state index in [9.17, 15) is 18.0 Å². The Kier molecular flexibility index (Phi) is 6.77. The number of primary amides is 1. The molecule has 4 rings (SSSR count). The van der Waals surface area contributed by atoms with Crippen LogP contribution in [0, 0.1) is 6.92 Å². The molecule has 1 aromatic heterocycles. The molecule has 1 unspecified atom stereocenters. The Balaban J connectivity index is 1.52. The number of hydrogen-bond donors (Lipinski definition) is 2. The van der Waals surface area contributed by atoms with Gasteiger partial charge in [0.2, 0.25) is 21.8 Å². The van der Waals surface area contributed by atoms with E-state index in [4.69, 9.17) is 5.73 Å². The van der Waals surface area contributed by atoms with Crippen molar-refractivity contribution in [2.45, 2.75) is 50.6 Å². The zero-order valence-electron chi connectivity index (χ0n) is 19.5. The molecule has 1 aliphatic rings. The number of hydrogen-bond acceptors (Lipinski definition) is 4. The molecule has 2 aromatic carbocycles. The third-order valence-corrected chi connectivity index (χ3v) is 8.35. The zero-order valence-corrected chi connectivity index (χ0v) is 20.3. The minimum absolute atomic E-state index is 0.166. The molecule has 0 spiro atoms. The Morgan fingerprint density at radius 1 is 1.06 bits per heavy atom. The maximum absolute atomic E-state index is 13.1. The van der Waals surface area contributed by atoms with Crippen molar-refractivity contribution in [3.05, 3.63) is 65.4 Å². The summed E-state index contributed by atoms with van der Waals surface area (Å²) in [5.41, 5.74) is 8.25. The lowest BCUT2D eigenvalue weighted by Gasteiger charge is -2.26. The van der Waals surface area contributed by atoms with Gasteiger partial charge in [-0.2, -0.15) is 4.31 Å². The Hall–Kier alpha value is -3.17. The van der Waals surface area contributed by atoms with E-state index < -0.39 is 22.0 Å². The summed E-state index contributed by atoms with van der Waals surface area (Å²) in [6.07, 6.45) is 4.72. The van der Waals surface area contributed by atoms with E-state index in [1.807, 2.05) is 24.6 Å². The Labute approximate surface area is 199 Å². The topological polar surface area (TPSA) is 114 Å². The zero-order chi connectivity index (χ0) is 24.5. The summed E-state index contributed by atoms with van der Waals surface area (Å²) in [6, 6.07) is 11.4. The summed E-state index contributed by atoms with van der Waals surface area (Å²) in [5.74, 6) is -0.660. The number of nitrogens with zero attached hydrogens (tertiary/aromatic N) is 2. The van der Waals surface area contributed by atoms with Crippen LogP contribution in [0.5, 0.6) is 0 Å². The highest BCUT2D eigenvalue weighted by Gasteiger charge is 2.27. The number of amides is 2. The molecule has 1 saturated heterocycles. The predicted molar refractivity (Wildman–Crippen MR) is 131 cm³/mol. The van der Waals surface area contributed by atoms with Gasteiger partial charge in [0.05, 0.1) is 4.90 Å². The minimum atomic E-state index is -3.53. The van der Waals surface area contributed by atoms with Crippen LogP contribution in [-0.2, 0) is 21.4 Å². The monoisotopic (exact) mass is 482 g/mol. The molecule has 9 heteroatoms. The molecule has 3 N–H and O–H groups in total. The molecular weight excluding hydrogens is 452 g/mol. The number of aryl methyl sites for hydroxylation is 1. The van der Waals surface area contributed by atoms with E-state index >= 15 is 0 Å². The van der Waals surface area contributed by atoms with Gasteiger partial charge in [-0.05, 0) is 68.1 Å². The van der Waals surface area contributed by atoms with Crippen molar-refractivity contribution in [2.24, 2.45) is 5.73 Å². The molecule has 2 amide bonds. The number of piperidine rings is 1. The van der Waals surface area contributed by atoms with Crippen molar-refractivity contribution in [3.63, 3.8) is 0 Å². The summed E-state index contributed by atoms with van der Waals surface area (Å²) in [4.78, 5) is 24.4. The number of rotatable bonds is 7. The van der Waals surface area contributed by atoms with E-state index in [0.717, 1.165) is 41.3 Å². The van der Waals surface area contributed by atoms with Gasteiger partial charge in [-0.25, -0.2) is 8.42 Å². The summed E-state index contributed by atoms with van der Waals surface area (Å²) in [7, 11) is -3.53. The first-order valence-corrected chi connectivity index (χ1v) is 12.9. The fourth-order valence-electron chi connectivity index (χ4n) is 4.39. The van der Waals surface area contributed by atoms with Crippen molar-refractivity contribution < 1.29 is 18.0 Å². The number of carbonyl (C=O) groups excluding carboxylic acids is 2. The van der Waals surface area contributed by atoms with Crippen LogP contribution >= 0.6 is 0 Å². The van der Waals surface area contributed by atoms with Gasteiger partial charge in [0.15, 0.2) is 0 Å². The second-order valence-electron chi connectivity index (χ2n) is 8.82. The van der Waals surface area contributed by atoms with Gasteiger partial charge >= 0.3 is 0 Å². The van der Waals surface area contributed by atoms with Crippen LogP contribution < -0.4 is 11.1 Å². The smallest absolute Gasteiger partial charge is 0.248 e. The third kappa shape index (κ3) is 4.71. The van der Waals surface area contributed by atoms with Crippen molar-refractivity contribution in [2.75, 3.05) is 13.1 Å². The van der Waals surface area contributed by atoms with E-state index in [-0.39, 0.29) is 5.91 Å². The van der Waals surface area contributed by atoms with Crippen molar-refractivity contribution >= 4 is 32.7 Å². The number of nitrogens with two attached hydrogens (primary N) is 1. The maximum atomic E-state index is 13.1. The highest BCUT2D eigenvalue weighted by Crippen LogP contribution is 2.29. The van der Waals surface area contributed by atoms with Gasteiger partial charge in [-0.1, -0.05) is 18.6 Å². The number of sulfonamides is 1. The molecule has 1 fully saturated rings. The van der Waals surface area contributed by atoms with Gasteiger partial charge in [-0.3, -0.25) is 9.59 Å². The van der Waals surface area contributed by atoms with Crippen LogP contribution in [0.4, 0.5) is 0 Å². The Morgan fingerprint density at radius 2 is 1.74 bits per heavy atom. The molecular formula is C25H30N4O4S. The van der Waals surface area contributed by atoms with Gasteiger partial charge in [-0.15, -0.1) is 0 Å².